The molecule has 0 aliphatic rings. The van der Waals surface area contributed by atoms with Gasteiger partial charge < -0.3 is 20.3 Å². The number of benzene rings is 2. The van der Waals surface area contributed by atoms with Gasteiger partial charge in [-0.25, -0.2) is 4.79 Å². The van der Waals surface area contributed by atoms with E-state index in [9.17, 15) is 15.0 Å². The van der Waals surface area contributed by atoms with Gasteiger partial charge in [0.15, 0.2) is 0 Å². The summed E-state index contributed by atoms with van der Waals surface area (Å²) in [4.78, 5) is 11.6. The Labute approximate surface area is 173 Å². The molecule has 0 fully saturated rings. The molecule has 5 nitrogen and oxygen atoms in total. The highest BCUT2D eigenvalue weighted by molar-refractivity contribution is 5.87. The minimum absolute atomic E-state index is 0.0175. The highest BCUT2D eigenvalue weighted by Gasteiger charge is 2.21. The van der Waals surface area contributed by atoms with Crippen molar-refractivity contribution in [3.05, 3.63) is 53.1 Å². The lowest BCUT2D eigenvalue weighted by Gasteiger charge is -2.19. The quantitative estimate of drug-likeness (QED) is 0.500. The van der Waals surface area contributed by atoms with Gasteiger partial charge >= 0.3 is 6.09 Å². The van der Waals surface area contributed by atoms with Gasteiger partial charge in [0, 0.05) is 5.56 Å². The first kappa shape index (κ1) is 22.3. The van der Waals surface area contributed by atoms with Gasteiger partial charge in [0.05, 0.1) is 19.2 Å². The number of carbonyl (C=O) groups is 1. The zero-order valence-electron chi connectivity index (χ0n) is 17.8. The highest BCUT2D eigenvalue weighted by atomic mass is 16.5. The second-order valence-electron chi connectivity index (χ2n) is 7.39. The Hall–Kier alpha value is -2.95. The molecule has 0 aliphatic carbocycles. The topological polar surface area (TPSA) is 78.8 Å². The Bertz CT molecular complexity index is 902. The second-order valence-corrected chi connectivity index (χ2v) is 7.39. The van der Waals surface area contributed by atoms with Crippen LogP contribution in [-0.4, -0.2) is 23.4 Å². The summed E-state index contributed by atoms with van der Waals surface area (Å²) in [5.41, 5.74) is 5.17. The van der Waals surface area contributed by atoms with Crippen LogP contribution in [0.15, 0.2) is 30.8 Å². The summed E-state index contributed by atoms with van der Waals surface area (Å²) in [5, 5.41) is 24.6. The van der Waals surface area contributed by atoms with E-state index >= 15 is 0 Å². The zero-order chi connectivity index (χ0) is 21.6. The van der Waals surface area contributed by atoms with Crippen molar-refractivity contribution < 1.29 is 19.7 Å². The Balaban J connectivity index is 2.63. The molecule has 2 rings (SSSR count). The number of nitrogens with one attached hydrogen (secondary N) is 1. The normalized spacial score (nSPS) is 10.6. The highest BCUT2D eigenvalue weighted by Crippen LogP contribution is 2.44. The maximum atomic E-state index is 11.6. The number of aryl methyl sites for hydroxylation is 2. The van der Waals surface area contributed by atoms with E-state index in [4.69, 9.17) is 0 Å². The first-order valence-electron chi connectivity index (χ1n) is 9.95. The number of amides is 1. The monoisotopic (exact) mass is 397 g/mol. The Morgan fingerprint density at radius 1 is 1.21 bits per heavy atom. The molecule has 0 spiro atoms. The van der Waals surface area contributed by atoms with Gasteiger partial charge in [-0.3, -0.25) is 0 Å². The number of rotatable bonds is 8. The van der Waals surface area contributed by atoms with Crippen LogP contribution in [-0.2, 0) is 17.7 Å². The molecule has 1 amide bonds. The van der Waals surface area contributed by atoms with Gasteiger partial charge in [-0.15, -0.1) is 0 Å². The number of ether oxygens (including phenoxy) is 1. The molecule has 3 N–H and O–H groups in total. The number of carbonyl (C=O) groups excluding carboxylic acids is 1. The molecule has 2 aromatic carbocycles. The van der Waals surface area contributed by atoms with Crippen molar-refractivity contribution in [2.24, 2.45) is 0 Å². The predicted molar refractivity (Wildman–Crippen MR) is 117 cm³/mol. The lowest BCUT2D eigenvalue weighted by Crippen LogP contribution is -2.23. The van der Waals surface area contributed by atoms with Crippen molar-refractivity contribution in [3.8, 4) is 22.6 Å². The van der Waals surface area contributed by atoms with E-state index in [1.807, 2.05) is 32.0 Å². The van der Waals surface area contributed by atoms with Crippen LogP contribution >= 0.6 is 0 Å². The summed E-state index contributed by atoms with van der Waals surface area (Å²) < 4.78 is 4.66. The molecular weight excluding hydrogens is 366 g/mol. The van der Waals surface area contributed by atoms with Gasteiger partial charge in [-0.1, -0.05) is 55.7 Å². The fourth-order valence-corrected chi connectivity index (χ4v) is 3.47. The van der Waals surface area contributed by atoms with Crippen LogP contribution in [0.3, 0.4) is 0 Å². The maximum Gasteiger partial charge on any atom is 0.407 e. The van der Waals surface area contributed by atoms with E-state index in [1.165, 1.54) is 7.11 Å². The summed E-state index contributed by atoms with van der Waals surface area (Å²) >= 11 is 0. The average molecular weight is 398 g/mol. The van der Waals surface area contributed by atoms with Gasteiger partial charge in [0.2, 0.25) is 0 Å². The van der Waals surface area contributed by atoms with Crippen molar-refractivity contribution in [2.45, 2.75) is 53.0 Å². The van der Waals surface area contributed by atoms with Crippen LogP contribution < -0.4 is 5.32 Å². The maximum absolute atomic E-state index is 11.6. The molecule has 0 saturated heterocycles. The largest absolute Gasteiger partial charge is 0.507 e. The van der Waals surface area contributed by atoms with Crippen molar-refractivity contribution >= 4 is 11.7 Å². The number of hydrogen-bond acceptors (Lipinski definition) is 4. The van der Waals surface area contributed by atoms with Gasteiger partial charge in [0.1, 0.15) is 11.5 Å². The van der Waals surface area contributed by atoms with Gasteiger partial charge in [-0.2, -0.15) is 0 Å². The number of alkyl carbamates (subject to hydrolysis) is 1. The molecule has 0 aromatic heterocycles. The van der Waals surface area contributed by atoms with E-state index in [0.29, 0.717) is 23.1 Å². The van der Waals surface area contributed by atoms with Crippen LogP contribution in [0.1, 0.15) is 55.4 Å². The molecule has 0 unspecified atom stereocenters. The number of methoxy groups -OCH3 is 1. The summed E-state index contributed by atoms with van der Waals surface area (Å²) in [6.07, 6.45) is 3.18. The molecule has 2 aromatic rings. The molecular formula is C24H31NO4. The molecule has 0 aliphatic heterocycles. The summed E-state index contributed by atoms with van der Waals surface area (Å²) in [7, 11) is 1.30. The lowest BCUT2D eigenvalue weighted by molar-refractivity contribution is 0.170. The molecule has 5 heteroatoms. The first-order chi connectivity index (χ1) is 13.8. The van der Waals surface area contributed by atoms with Gasteiger partial charge in [0.25, 0.3) is 0 Å². The Morgan fingerprint density at radius 2 is 1.93 bits per heavy atom. The van der Waals surface area contributed by atoms with Gasteiger partial charge in [-0.05, 0) is 49.4 Å². The first-order valence-corrected chi connectivity index (χ1v) is 9.95. The van der Waals surface area contributed by atoms with E-state index in [1.54, 1.807) is 6.07 Å². The van der Waals surface area contributed by atoms with E-state index < -0.39 is 6.09 Å². The molecule has 0 atom stereocenters. The SMILES string of the molecule is C=C(C)c1ccc(C)cc1-c1c(O)cc(CCCCC)c(CNC(=O)OC)c1O. The third-order valence-corrected chi connectivity index (χ3v) is 5.03. The number of hydrogen-bond donors (Lipinski definition) is 3. The second kappa shape index (κ2) is 10.0. The fourth-order valence-electron chi connectivity index (χ4n) is 3.47. The number of unbranched alkanes of at least 4 members (excludes halogenated alkanes) is 2. The minimum Gasteiger partial charge on any atom is -0.507 e. The van der Waals surface area contributed by atoms with Crippen molar-refractivity contribution in [2.75, 3.05) is 7.11 Å². The number of allylic oxidation sites excluding steroid dienone is 1. The lowest BCUT2D eigenvalue weighted by atomic mass is 9.89. The molecule has 29 heavy (non-hydrogen) atoms. The minimum atomic E-state index is -0.572. The number of phenols is 2. The number of phenolic OH excluding ortho intramolecular Hbond substituents is 2. The standard InChI is InChI=1S/C24H31NO4/c1-6-7-8-9-17-13-21(26)22(23(27)20(17)14-25-24(28)29-5)19-12-16(4)10-11-18(19)15(2)3/h10-13,26-27H,2,6-9,14H2,1,3-5H3,(H,25,28). The number of aromatic hydroxyl groups is 2. The molecule has 156 valence electrons. The smallest absolute Gasteiger partial charge is 0.407 e. The van der Waals surface area contributed by atoms with Crippen LogP contribution in [0.5, 0.6) is 11.5 Å². The van der Waals surface area contributed by atoms with Crippen LogP contribution in [0.25, 0.3) is 16.7 Å². The Morgan fingerprint density at radius 3 is 2.55 bits per heavy atom. The Kier molecular flexibility index (Phi) is 7.71. The van der Waals surface area contributed by atoms with Crippen LogP contribution in [0.4, 0.5) is 4.79 Å². The van der Waals surface area contributed by atoms with Crippen LogP contribution in [0, 0.1) is 6.92 Å². The predicted octanol–water partition coefficient (Wildman–Crippen LogP) is 5.70. The molecule has 0 bridgehead atoms. The molecule has 0 heterocycles. The third-order valence-electron chi connectivity index (χ3n) is 5.03. The van der Waals surface area contributed by atoms with Crippen molar-refractivity contribution in [1.82, 2.24) is 5.32 Å². The summed E-state index contributed by atoms with van der Waals surface area (Å²) in [6.45, 7) is 10.1. The van der Waals surface area contributed by atoms with E-state index in [2.05, 4.69) is 23.6 Å². The molecule has 0 radical (unpaired) electrons. The van der Waals surface area contributed by atoms with E-state index in [-0.39, 0.29) is 18.0 Å². The summed E-state index contributed by atoms with van der Waals surface area (Å²) in [5.74, 6) is -0.00934. The van der Waals surface area contributed by atoms with Crippen molar-refractivity contribution in [1.29, 1.82) is 0 Å². The van der Waals surface area contributed by atoms with E-state index in [0.717, 1.165) is 41.5 Å². The summed E-state index contributed by atoms with van der Waals surface area (Å²) in [6, 6.07) is 7.53. The average Bonchev–Trinajstić information content (AvgIpc) is 2.67. The fraction of sp³-hybridized carbons (Fsp3) is 0.375. The zero-order valence-corrected chi connectivity index (χ0v) is 17.8. The third kappa shape index (κ3) is 5.31. The van der Waals surface area contributed by atoms with Crippen LogP contribution in [0.2, 0.25) is 0 Å². The van der Waals surface area contributed by atoms with Crippen molar-refractivity contribution in [3.63, 3.8) is 0 Å². The molecule has 0 saturated carbocycles.